The third kappa shape index (κ3) is 8.49. The van der Waals surface area contributed by atoms with Crippen molar-refractivity contribution in [2.75, 3.05) is 0 Å². The van der Waals surface area contributed by atoms with Gasteiger partial charge in [0.2, 0.25) is 0 Å². The molecule has 53 heavy (non-hydrogen) atoms. The number of aromatic nitrogens is 2. The molecule has 7 heteroatoms. The van der Waals surface area contributed by atoms with Crippen molar-refractivity contribution in [3.05, 3.63) is 82.7 Å². The van der Waals surface area contributed by atoms with Crippen molar-refractivity contribution in [1.29, 1.82) is 0 Å². The van der Waals surface area contributed by atoms with Crippen LogP contribution in [-0.4, -0.2) is 20.9 Å². The zero-order valence-electron chi connectivity index (χ0n) is 33.7. The molecule has 0 atom stereocenters. The number of allylic oxidation sites excluding steroid dienone is 2. The Morgan fingerprint density at radius 1 is 0.868 bits per heavy atom. The van der Waals surface area contributed by atoms with E-state index < -0.39 is 0 Å². The average Bonchev–Trinajstić information content (AvgIpc) is 3.66. The SMILES string of the molecule is CCC(C)(CC)C(=O)/C=C(\O)C(C)(CC)CC.Cc1c(CC(C)C)sc2c1ccc1sc3c(-c4[c-]c5ccccc5c(C(C)(C)C)c4)ncnc3c12.[Ir]. The molecule has 1 N–H and O–H groups in total. The summed E-state index contributed by atoms with van der Waals surface area (Å²) in [6.07, 6.45) is 7.61. The molecule has 3 heterocycles. The van der Waals surface area contributed by atoms with E-state index in [1.54, 1.807) is 6.33 Å². The Morgan fingerprint density at radius 2 is 1.51 bits per heavy atom. The first-order valence-electron chi connectivity index (χ1n) is 19.0. The molecule has 3 aromatic carbocycles. The maximum Gasteiger partial charge on any atom is 0.164 e. The number of carbonyl (C=O) groups excluding carboxylic acids is 1. The van der Waals surface area contributed by atoms with Gasteiger partial charge in [0.05, 0.1) is 5.52 Å². The molecule has 3 aromatic heterocycles. The van der Waals surface area contributed by atoms with E-state index in [1.807, 2.05) is 64.2 Å². The van der Waals surface area contributed by atoms with Crippen LogP contribution in [0.25, 0.3) is 52.4 Å². The van der Waals surface area contributed by atoms with Gasteiger partial charge in [0.25, 0.3) is 0 Å². The number of benzene rings is 3. The fourth-order valence-corrected chi connectivity index (χ4v) is 9.60. The van der Waals surface area contributed by atoms with E-state index in [4.69, 9.17) is 9.97 Å². The first-order valence-corrected chi connectivity index (χ1v) is 20.6. The standard InChI is InChI=1S/C31H29N2S2.C15H28O2.Ir/c1-17(2)13-25-18(3)21-11-12-24-26(29(21)35-25)28-30(34-24)27(32-16-33-28)20-14-19-9-7-8-10-22(19)23(15-20)31(4,5)6;1-7-14(5,8-2)12(16)11-13(17)15(6,9-3)10-4;/h7-12,15-17H,13H2,1-6H3;11,16H,7-10H2,1-6H3;/q-1;;/b;12-11-;. The van der Waals surface area contributed by atoms with Gasteiger partial charge in [0, 0.05) is 67.1 Å². The molecule has 0 aliphatic carbocycles. The molecule has 0 saturated heterocycles. The van der Waals surface area contributed by atoms with Gasteiger partial charge in [0.15, 0.2) is 5.78 Å². The van der Waals surface area contributed by atoms with E-state index in [-0.39, 0.29) is 47.9 Å². The molecule has 0 unspecified atom stereocenters. The smallest absolute Gasteiger partial charge is 0.164 e. The van der Waals surface area contributed by atoms with E-state index >= 15 is 0 Å². The van der Waals surface area contributed by atoms with Gasteiger partial charge in [-0.1, -0.05) is 111 Å². The normalized spacial score (nSPS) is 12.8. The summed E-state index contributed by atoms with van der Waals surface area (Å²) >= 11 is 3.76. The Kier molecular flexibility index (Phi) is 13.6. The molecular weight excluding hydrogens is 869 g/mol. The molecule has 0 amide bonds. The van der Waals surface area contributed by atoms with E-state index in [0.29, 0.717) is 5.92 Å². The molecule has 6 rings (SSSR count). The summed E-state index contributed by atoms with van der Waals surface area (Å²) in [5, 5.41) is 15.2. The Balaban J connectivity index is 0.000000299. The molecular formula is C46H57IrN2O2S2-. The minimum Gasteiger partial charge on any atom is -0.512 e. The van der Waals surface area contributed by atoms with Crippen molar-refractivity contribution < 1.29 is 30.0 Å². The summed E-state index contributed by atoms with van der Waals surface area (Å²) in [4.78, 5) is 23.3. The molecule has 285 valence electrons. The average molecular weight is 926 g/mol. The zero-order chi connectivity index (χ0) is 38.2. The first-order chi connectivity index (χ1) is 24.5. The predicted octanol–water partition coefficient (Wildman–Crippen LogP) is 14.1. The molecule has 0 saturated carbocycles. The van der Waals surface area contributed by atoms with Crippen LogP contribution in [0.5, 0.6) is 0 Å². The Morgan fingerprint density at radius 3 is 2.11 bits per heavy atom. The van der Waals surface area contributed by atoms with Crippen LogP contribution in [0, 0.1) is 29.7 Å². The fraction of sp³-hybridized carbons (Fsp3) is 0.457. The Bertz CT molecular complexity index is 2260. The number of hydrogen-bond acceptors (Lipinski definition) is 6. The molecule has 0 aliphatic heterocycles. The van der Waals surface area contributed by atoms with Gasteiger partial charge in [-0.15, -0.1) is 51.8 Å². The fourth-order valence-electron chi connectivity index (χ4n) is 6.80. The molecule has 0 spiro atoms. The van der Waals surface area contributed by atoms with Crippen molar-refractivity contribution in [1.82, 2.24) is 9.97 Å². The summed E-state index contributed by atoms with van der Waals surface area (Å²) in [5.41, 5.74) is 5.26. The Hall–Kier alpha value is -2.96. The van der Waals surface area contributed by atoms with E-state index in [1.165, 1.54) is 47.6 Å². The second-order valence-electron chi connectivity index (χ2n) is 16.4. The number of thiophene rings is 2. The van der Waals surface area contributed by atoms with Gasteiger partial charge in [0.1, 0.15) is 12.1 Å². The van der Waals surface area contributed by atoms with Crippen LogP contribution in [0.15, 0.2) is 60.6 Å². The molecule has 6 aromatic rings. The number of rotatable bonds is 10. The number of aliphatic hydroxyl groups excluding tert-OH is 1. The number of aryl methyl sites for hydroxylation is 1. The summed E-state index contributed by atoms with van der Waals surface area (Å²) in [6.45, 7) is 25.8. The maximum absolute atomic E-state index is 12.2. The monoisotopic (exact) mass is 926 g/mol. The van der Waals surface area contributed by atoms with E-state index in [0.717, 1.165) is 59.0 Å². The van der Waals surface area contributed by atoms with Gasteiger partial charge in [-0.05, 0) is 67.4 Å². The quantitative estimate of drug-likeness (QED) is 0.0845. The molecule has 4 nitrogen and oxygen atoms in total. The van der Waals surface area contributed by atoms with Gasteiger partial charge >= 0.3 is 0 Å². The third-order valence-electron chi connectivity index (χ3n) is 11.5. The summed E-state index contributed by atoms with van der Waals surface area (Å²) in [5.74, 6) is 0.930. The van der Waals surface area contributed by atoms with Crippen LogP contribution in [0.4, 0.5) is 0 Å². The van der Waals surface area contributed by atoms with Crippen LogP contribution in [0.2, 0.25) is 0 Å². The molecule has 0 fully saturated rings. The number of carbonyl (C=O) groups is 1. The number of fused-ring (bicyclic) bond motifs is 6. The van der Waals surface area contributed by atoms with Crippen LogP contribution in [-0.2, 0) is 36.7 Å². The number of hydrogen-bond donors (Lipinski definition) is 1. The van der Waals surface area contributed by atoms with Crippen LogP contribution in [0.3, 0.4) is 0 Å². The third-order valence-corrected chi connectivity index (χ3v) is 14.0. The summed E-state index contributed by atoms with van der Waals surface area (Å²) in [7, 11) is 0. The number of ketones is 1. The molecule has 1 radical (unpaired) electrons. The van der Waals surface area contributed by atoms with Gasteiger partial charge in [-0.3, -0.25) is 9.78 Å². The topological polar surface area (TPSA) is 63.1 Å². The molecule has 0 bridgehead atoms. The summed E-state index contributed by atoms with van der Waals surface area (Å²) in [6, 6.07) is 19.1. The van der Waals surface area contributed by atoms with Crippen molar-refractivity contribution >= 4 is 69.6 Å². The van der Waals surface area contributed by atoms with Crippen molar-refractivity contribution in [3.8, 4) is 11.3 Å². The maximum atomic E-state index is 12.2. The zero-order valence-corrected chi connectivity index (χ0v) is 37.7. The van der Waals surface area contributed by atoms with E-state index in [9.17, 15) is 9.90 Å². The largest absolute Gasteiger partial charge is 0.512 e. The van der Waals surface area contributed by atoms with Crippen molar-refractivity contribution in [2.24, 2.45) is 16.7 Å². The van der Waals surface area contributed by atoms with Crippen molar-refractivity contribution in [2.45, 2.75) is 121 Å². The minimum atomic E-state index is -0.337. The molecule has 0 aliphatic rings. The van der Waals surface area contributed by atoms with Gasteiger partial charge in [-0.25, -0.2) is 4.98 Å². The van der Waals surface area contributed by atoms with Crippen LogP contribution >= 0.6 is 22.7 Å². The van der Waals surface area contributed by atoms with Gasteiger partial charge < -0.3 is 5.11 Å². The van der Waals surface area contributed by atoms with Crippen molar-refractivity contribution in [3.63, 3.8) is 0 Å². The second kappa shape index (κ2) is 16.8. The van der Waals surface area contributed by atoms with Gasteiger partial charge in [-0.2, -0.15) is 0 Å². The first kappa shape index (κ1) is 42.8. The number of nitrogens with zero attached hydrogens (tertiary/aromatic N) is 2. The van der Waals surface area contributed by atoms with E-state index in [2.05, 4.69) is 90.1 Å². The van der Waals surface area contributed by atoms with Crippen LogP contribution < -0.4 is 0 Å². The second-order valence-corrected chi connectivity index (χ2v) is 18.5. The number of aliphatic hydroxyl groups is 1. The minimum absolute atomic E-state index is 0. The van der Waals surface area contributed by atoms with Crippen LogP contribution in [0.1, 0.15) is 118 Å². The Labute approximate surface area is 338 Å². The predicted molar refractivity (Wildman–Crippen MR) is 227 cm³/mol. The summed E-state index contributed by atoms with van der Waals surface area (Å²) < 4.78 is 3.80.